The number of thiophene rings is 1. The average Bonchev–Trinajstić information content (AvgIpc) is 3.20. The highest BCUT2D eigenvalue weighted by Crippen LogP contribution is 2.40. The van der Waals surface area contributed by atoms with Crippen LogP contribution in [0.3, 0.4) is 0 Å². The molecule has 2 nitrogen and oxygen atoms in total. The highest BCUT2D eigenvalue weighted by atomic mass is 32.1. The summed E-state index contributed by atoms with van der Waals surface area (Å²) >= 11 is 1.79. The van der Waals surface area contributed by atoms with Crippen LogP contribution in [-0.2, 0) is 6.42 Å². The molecule has 0 N–H and O–H groups in total. The van der Waals surface area contributed by atoms with E-state index >= 15 is 0 Å². The highest BCUT2D eigenvalue weighted by molar-refractivity contribution is 7.26. The molecule has 0 atom stereocenters. The van der Waals surface area contributed by atoms with Gasteiger partial charge in [-0.25, -0.2) is 9.97 Å². The molecule has 174 valence electrons. The normalized spacial score (nSPS) is 12.5. The number of nitrogens with zero attached hydrogens (tertiary/aromatic N) is 2. The quantitative estimate of drug-likeness (QED) is 0.183. The molecule has 3 aromatic heterocycles. The smallest absolute Gasteiger partial charge is 0.124 e. The maximum Gasteiger partial charge on any atom is 0.124 e. The van der Waals surface area contributed by atoms with E-state index in [4.69, 9.17) is 4.98 Å². The Labute approximate surface area is 211 Å². The second-order valence-electron chi connectivity index (χ2n) is 11.1. The zero-order valence-electron chi connectivity index (χ0n) is 21.0. The fourth-order valence-electron chi connectivity index (χ4n) is 5.29. The van der Waals surface area contributed by atoms with Crippen molar-refractivity contribution >= 4 is 66.6 Å². The van der Waals surface area contributed by atoms with Crippen molar-refractivity contribution in [2.75, 3.05) is 0 Å². The van der Waals surface area contributed by atoms with Crippen molar-refractivity contribution in [3.8, 4) is 11.3 Å². The van der Waals surface area contributed by atoms with Crippen molar-refractivity contribution in [1.29, 1.82) is 0 Å². The summed E-state index contributed by atoms with van der Waals surface area (Å²) in [6, 6.07) is 24.6. The van der Waals surface area contributed by atoms with E-state index in [1.54, 1.807) is 11.3 Å². The first-order valence-corrected chi connectivity index (χ1v) is 16.7. The summed E-state index contributed by atoms with van der Waals surface area (Å²) in [5, 5.41) is 7.96. The third-order valence-electron chi connectivity index (χ3n) is 6.84. The lowest BCUT2D eigenvalue weighted by Crippen LogP contribution is -2.38. The summed E-state index contributed by atoms with van der Waals surface area (Å²) < 4.78 is 1.29. The minimum absolute atomic E-state index is 0.594. The lowest BCUT2D eigenvalue weighted by molar-refractivity contribution is 0.648. The molecule has 0 radical (unpaired) electrons. The molecule has 0 spiro atoms. The second kappa shape index (κ2) is 8.25. The maximum absolute atomic E-state index is 5.32. The van der Waals surface area contributed by atoms with E-state index in [9.17, 15) is 0 Å². The Morgan fingerprint density at radius 2 is 1.66 bits per heavy atom. The molecule has 6 aromatic rings. The van der Waals surface area contributed by atoms with E-state index in [-0.39, 0.29) is 0 Å². The van der Waals surface area contributed by atoms with Crippen LogP contribution in [0, 0.1) is 5.92 Å². The molecule has 35 heavy (non-hydrogen) atoms. The summed E-state index contributed by atoms with van der Waals surface area (Å²) in [5.41, 5.74) is 4.81. The number of rotatable bonds is 4. The Morgan fingerprint density at radius 1 is 0.857 bits per heavy atom. The van der Waals surface area contributed by atoms with Gasteiger partial charge in [0.15, 0.2) is 0 Å². The van der Waals surface area contributed by atoms with E-state index < -0.39 is 8.07 Å². The summed E-state index contributed by atoms with van der Waals surface area (Å²) in [6.45, 7) is 11.9. The van der Waals surface area contributed by atoms with Gasteiger partial charge in [-0.1, -0.05) is 63.8 Å². The van der Waals surface area contributed by atoms with Crippen molar-refractivity contribution in [2.45, 2.75) is 39.9 Å². The van der Waals surface area contributed by atoms with Gasteiger partial charge in [-0.2, -0.15) is 0 Å². The number of fused-ring (bicyclic) bond motifs is 6. The van der Waals surface area contributed by atoms with E-state index in [0.29, 0.717) is 5.92 Å². The molecule has 0 aliphatic heterocycles. The van der Waals surface area contributed by atoms with Gasteiger partial charge in [-0.15, -0.1) is 11.3 Å². The zero-order valence-corrected chi connectivity index (χ0v) is 22.8. The largest absolute Gasteiger partial charge is 0.248 e. The van der Waals surface area contributed by atoms with Gasteiger partial charge in [-0.3, -0.25) is 0 Å². The minimum atomic E-state index is -1.67. The van der Waals surface area contributed by atoms with Gasteiger partial charge in [0, 0.05) is 32.6 Å². The molecule has 0 bridgehead atoms. The number of hydrogen-bond acceptors (Lipinski definition) is 3. The van der Waals surface area contributed by atoms with Gasteiger partial charge in [-0.05, 0) is 70.3 Å². The second-order valence-corrected chi connectivity index (χ2v) is 17.1. The maximum atomic E-state index is 5.32. The van der Waals surface area contributed by atoms with Gasteiger partial charge in [0.1, 0.15) is 4.83 Å². The number of hydrogen-bond donors (Lipinski definition) is 0. The molecule has 3 heterocycles. The third-order valence-corrected chi connectivity index (χ3v) is 10.0. The van der Waals surface area contributed by atoms with E-state index in [1.807, 2.05) is 12.3 Å². The Bertz CT molecular complexity index is 1740. The summed E-state index contributed by atoms with van der Waals surface area (Å²) in [6.07, 6.45) is 2.95. The van der Waals surface area contributed by atoms with Gasteiger partial charge in [0.2, 0.25) is 0 Å². The van der Waals surface area contributed by atoms with Gasteiger partial charge in [0.25, 0.3) is 0 Å². The number of aromatic nitrogens is 2. The van der Waals surface area contributed by atoms with Crippen LogP contribution in [0.15, 0.2) is 72.9 Å². The molecule has 3 aromatic carbocycles. The molecular formula is C31H30N2SSi. The molecule has 4 heteroatoms. The molecule has 0 saturated heterocycles. The topological polar surface area (TPSA) is 25.8 Å². The SMILES string of the molecule is CC(C)Cc1cc(-c2cc([Si](C)(C)C)c3c(ccc4ccccc43)n2)c2sc3ncccc3c2c1. The van der Waals surface area contributed by atoms with Crippen LogP contribution in [0.5, 0.6) is 0 Å². The molecule has 0 aliphatic carbocycles. The van der Waals surface area contributed by atoms with Crippen molar-refractivity contribution < 1.29 is 0 Å². The molecular weight excluding hydrogens is 461 g/mol. The molecule has 0 saturated carbocycles. The minimum Gasteiger partial charge on any atom is -0.248 e. The summed E-state index contributed by atoms with van der Waals surface area (Å²) in [4.78, 5) is 11.1. The van der Waals surface area contributed by atoms with E-state index in [0.717, 1.165) is 22.5 Å². The first kappa shape index (κ1) is 22.4. The Morgan fingerprint density at radius 3 is 2.46 bits per heavy atom. The standard InChI is InChI=1S/C31H30N2SSi/c1-19(2)15-20-16-24-23-11-8-14-32-31(23)34-30(24)25(17-20)27-18-28(35(3,4)5)29-22-10-7-6-9-21(22)12-13-26(29)33-27/h6-14,16-19H,15H2,1-5H3. The molecule has 0 amide bonds. The van der Waals surface area contributed by atoms with Crippen LogP contribution >= 0.6 is 11.3 Å². The first-order valence-electron chi connectivity index (χ1n) is 12.4. The first-order chi connectivity index (χ1) is 16.8. The third kappa shape index (κ3) is 3.85. The molecule has 6 rings (SSSR count). The van der Waals surface area contributed by atoms with Crippen molar-refractivity contribution in [1.82, 2.24) is 9.97 Å². The van der Waals surface area contributed by atoms with Gasteiger partial charge < -0.3 is 0 Å². The van der Waals surface area contributed by atoms with Gasteiger partial charge >= 0.3 is 0 Å². The predicted octanol–water partition coefficient (Wildman–Crippen LogP) is 8.56. The van der Waals surface area contributed by atoms with Crippen LogP contribution < -0.4 is 5.19 Å². The van der Waals surface area contributed by atoms with Crippen molar-refractivity contribution in [2.24, 2.45) is 5.92 Å². The Balaban J connectivity index is 1.72. The molecule has 0 unspecified atom stereocenters. The highest BCUT2D eigenvalue weighted by Gasteiger charge is 2.24. The van der Waals surface area contributed by atoms with Crippen LogP contribution in [0.2, 0.25) is 19.6 Å². The Hall–Kier alpha value is -3.08. The van der Waals surface area contributed by atoms with Crippen LogP contribution in [0.1, 0.15) is 19.4 Å². The van der Waals surface area contributed by atoms with Gasteiger partial charge in [0.05, 0.1) is 19.3 Å². The summed E-state index contributed by atoms with van der Waals surface area (Å²) in [5.74, 6) is 0.594. The Kier molecular flexibility index (Phi) is 5.28. The fourth-order valence-corrected chi connectivity index (χ4v) is 8.02. The van der Waals surface area contributed by atoms with Crippen LogP contribution in [0.4, 0.5) is 0 Å². The number of pyridine rings is 2. The van der Waals surface area contributed by atoms with Crippen molar-refractivity contribution in [3.05, 3.63) is 78.5 Å². The fraction of sp³-hybridized carbons (Fsp3) is 0.226. The lowest BCUT2D eigenvalue weighted by Gasteiger charge is -2.22. The van der Waals surface area contributed by atoms with E-state index in [1.165, 1.54) is 47.9 Å². The van der Waals surface area contributed by atoms with Crippen LogP contribution in [0.25, 0.3) is 53.2 Å². The van der Waals surface area contributed by atoms with Crippen LogP contribution in [-0.4, -0.2) is 18.0 Å². The monoisotopic (exact) mass is 490 g/mol. The molecule has 0 aliphatic rings. The summed E-state index contributed by atoms with van der Waals surface area (Å²) in [7, 11) is -1.67. The lowest BCUT2D eigenvalue weighted by atomic mass is 9.96. The van der Waals surface area contributed by atoms with Crippen molar-refractivity contribution in [3.63, 3.8) is 0 Å². The zero-order chi connectivity index (χ0) is 24.3. The number of benzene rings is 3. The van der Waals surface area contributed by atoms with E-state index in [2.05, 4.69) is 99.1 Å². The molecule has 0 fully saturated rings. The average molecular weight is 491 g/mol. The predicted molar refractivity (Wildman–Crippen MR) is 157 cm³/mol.